The molecule has 0 saturated heterocycles. The third-order valence-electron chi connectivity index (χ3n) is 2.96. The van der Waals surface area contributed by atoms with Gasteiger partial charge in [-0.1, -0.05) is 18.2 Å². The van der Waals surface area contributed by atoms with Gasteiger partial charge in [0.2, 0.25) is 0 Å². The van der Waals surface area contributed by atoms with Gasteiger partial charge in [0.15, 0.2) is 0 Å². The van der Waals surface area contributed by atoms with Crippen LogP contribution in [0.5, 0.6) is 0 Å². The molecule has 5 heteroatoms. The monoisotopic (exact) mass is 262 g/mol. The van der Waals surface area contributed by atoms with Gasteiger partial charge in [0.1, 0.15) is 17.5 Å². The van der Waals surface area contributed by atoms with E-state index in [9.17, 15) is 4.39 Å². The number of benzene rings is 1. The first-order valence-electron chi connectivity index (χ1n) is 6.30. The Morgan fingerprint density at radius 1 is 1.16 bits per heavy atom. The minimum Gasteiger partial charge on any atom is -0.324 e. The molecule has 0 fully saturated rings. The van der Waals surface area contributed by atoms with E-state index in [2.05, 4.69) is 31.0 Å². The van der Waals surface area contributed by atoms with E-state index in [-0.39, 0.29) is 11.4 Å². The Bertz CT molecular complexity index is 569. The average Bonchev–Trinajstić information content (AvgIpc) is 2.75. The van der Waals surface area contributed by atoms with Crippen LogP contribution in [0, 0.1) is 5.82 Å². The number of hydrogen-bond donors (Lipinski definition) is 1. The lowest BCUT2D eigenvalue weighted by Crippen LogP contribution is -2.27. The molecular weight excluding hydrogens is 243 g/mol. The maximum atomic E-state index is 13.7. The van der Waals surface area contributed by atoms with Crippen molar-refractivity contribution >= 4 is 0 Å². The smallest absolute Gasteiger partial charge is 0.147 e. The number of nitrogens with two attached hydrogens (primary N) is 1. The van der Waals surface area contributed by atoms with Crippen molar-refractivity contribution in [1.82, 2.24) is 14.8 Å². The van der Waals surface area contributed by atoms with Crippen molar-refractivity contribution in [2.45, 2.75) is 39.3 Å². The molecule has 0 bridgehead atoms. The van der Waals surface area contributed by atoms with Crippen LogP contribution in [0.4, 0.5) is 4.39 Å². The first-order chi connectivity index (χ1) is 8.93. The molecule has 102 valence electrons. The van der Waals surface area contributed by atoms with E-state index in [1.165, 1.54) is 6.07 Å². The molecule has 2 rings (SSSR count). The number of nitrogens with zero attached hydrogens (tertiary/aromatic N) is 3. The summed E-state index contributed by atoms with van der Waals surface area (Å²) >= 11 is 0. The summed E-state index contributed by atoms with van der Waals surface area (Å²) in [6.07, 6.45) is 0.414. The minimum atomic E-state index is -0.222. The van der Waals surface area contributed by atoms with Crippen molar-refractivity contribution in [2.24, 2.45) is 5.73 Å². The van der Waals surface area contributed by atoms with Crippen LogP contribution in [0.3, 0.4) is 0 Å². The Balaban J connectivity index is 2.42. The largest absolute Gasteiger partial charge is 0.324 e. The van der Waals surface area contributed by atoms with Gasteiger partial charge in [0, 0.05) is 12.0 Å². The molecule has 0 aliphatic rings. The highest BCUT2D eigenvalue weighted by Gasteiger charge is 2.22. The zero-order chi connectivity index (χ0) is 14.0. The third-order valence-corrected chi connectivity index (χ3v) is 2.96. The van der Waals surface area contributed by atoms with Crippen molar-refractivity contribution in [3.05, 3.63) is 47.3 Å². The Morgan fingerprint density at radius 2 is 1.79 bits per heavy atom. The van der Waals surface area contributed by atoms with Gasteiger partial charge < -0.3 is 10.3 Å². The molecule has 4 nitrogen and oxygen atoms in total. The second kappa shape index (κ2) is 5.09. The molecular formula is C14H19FN4. The van der Waals surface area contributed by atoms with Crippen LogP contribution in [0.15, 0.2) is 24.3 Å². The normalized spacial score (nSPS) is 11.8. The zero-order valence-corrected chi connectivity index (χ0v) is 11.5. The summed E-state index contributed by atoms with van der Waals surface area (Å²) in [6.45, 7) is 6.49. The molecule has 0 saturated carbocycles. The maximum absolute atomic E-state index is 13.7. The maximum Gasteiger partial charge on any atom is 0.147 e. The number of rotatable bonds is 3. The predicted molar refractivity (Wildman–Crippen MR) is 72.1 cm³/mol. The van der Waals surface area contributed by atoms with Gasteiger partial charge in [-0.05, 0) is 32.4 Å². The topological polar surface area (TPSA) is 56.7 Å². The molecule has 1 aromatic heterocycles. The van der Waals surface area contributed by atoms with Gasteiger partial charge in [-0.25, -0.2) is 4.39 Å². The molecule has 19 heavy (non-hydrogen) atoms. The van der Waals surface area contributed by atoms with Gasteiger partial charge in [-0.3, -0.25) is 0 Å². The van der Waals surface area contributed by atoms with Gasteiger partial charge >= 0.3 is 0 Å². The summed E-state index contributed by atoms with van der Waals surface area (Å²) in [6, 6.07) is 6.72. The van der Waals surface area contributed by atoms with Crippen molar-refractivity contribution < 1.29 is 4.39 Å². The van der Waals surface area contributed by atoms with Gasteiger partial charge in [0.05, 0.1) is 6.54 Å². The Morgan fingerprint density at radius 3 is 2.37 bits per heavy atom. The van der Waals surface area contributed by atoms with Crippen LogP contribution in [0.25, 0.3) is 0 Å². The van der Waals surface area contributed by atoms with Crippen LogP contribution in [-0.2, 0) is 18.5 Å². The molecule has 0 aliphatic heterocycles. The standard InChI is InChI=1S/C14H19FN4/c1-14(2,3)19-12(17-18-13(19)9-16)8-10-6-4-5-7-11(10)15/h4-7H,8-9,16H2,1-3H3. The predicted octanol–water partition coefficient (Wildman–Crippen LogP) is 2.22. The van der Waals surface area contributed by atoms with Crippen molar-refractivity contribution in [1.29, 1.82) is 0 Å². The van der Waals surface area contributed by atoms with E-state index in [0.29, 0.717) is 18.5 Å². The fraction of sp³-hybridized carbons (Fsp3) is 0.429. The lowest BCUT2D eigenvalue weighted by atomic mass is 10.1. The Kier molecular flexibility index (Phi) is 3.66. The fourth-order valence-electron chi connectivity index (χ4n) is 2.19. The van der Waals surface area contributed by atoms with E-state index < -0.39 is 0 Å². The lowest BCUT2D eigenvalue weighted by molar-refractivity contribution is 0.371. The number of halogens is 1. The van der Waals surface area contributed by atoms with Gasteiger partial charge in [-0.2, -0.15) is 0 Å². The summed E-state index contributed by atoms with van der Waals surface area (Å²) in [4.78, 5) is 0. The highest BCUT2D eigenvalue weighted by Crippen LogP contribution is 2.21. The summed E-state index contributed by atoms with van der Waals surface area (Å²) in [5.41, 5.74) is 6.12. The van der Waals surface area contributed by atoms with E-state index in [1.54, 1.807) is 12.1 Å². The lowest BCUT2D eigenvalue weighted by Gasteiger charge is -2.24. The average molecular weight is 262 g/mol. The molecule has 0 atom stereocenters. The first-order valence-corrected chi connectivity index (χ1v) is 6.30. The second-order valence-electron chi connectivity index (χ2n) is 5.51. The molecule has 0 unspecified atom stereocenters. The summed E-state index contributed by atoms with van der Waals surface area (Å²) < 4.78 is 15.7. The minimum absolute atomic E-state index is 0.182. The van der Waals surface area contributed by atoms with Crippen LogP contribution in [-0.4, -0.2) is 14.8 Å². The van der Waals surface area contributed by atoms with E-state index in [0.717, 1.165) is 11.6 Å². The molecule has 0 aliphatic carbocycles. The van der Waals surface area contributed by atoms with E-state index >= 15 is 0 Å². The number of aromatic nitrogens is 3. The van der Waals surface area contributed by atoms with Crippen molar-refractivity contribution in [3.8, 4) is 0 Å². The molecule has 1 aromatic carbocycles. The summed E-state index contributed by atoms with van der Waals surface area (Å²) in [5.74, 6) is 1.23. The second-order valence-corrected chi connectivity index (χ2v) is 5.51. The Labute approximate surface area is 112 Å². The number of hydrogen-bond acceptors (Lipinski definition) is 3. The molecule has 0 amide bonds. The van der Waals surface area contributed by atoms with Gasteiger partial charge in [0.25, 0.3) is 0 Å². The highest BCUT2D eigenvalue weighted by molar-refractivity contribution is 5.22. The molecule has 2 N–H and O–H groups in total. The molecule has 0 radical (unpaired) electrons. The molecule has 2 aromatic rings. The SMILES string of the molecule is CC(C)(C)n1c(CN)nnc1Cc1ccccc1F. The molecule has 1 heterocycles. The van der Waals surface area contributed by atoms with Crippen molar-refractivity contribution in [3.63, 3.8) is 0 Å². The quantitative estimate of drug-likeness (QED) is 0.922. The molecule has 0 spiro atoms. The van der Waals surface area contributed by atoms with Crippen LogP contribution in [0.1, 0.15) is 38.0 Å². The highest BCUT2D eigenvalue weighted by atomic mass is 19.1. The first kappa shape index (κ1) is 13.7. The fourth-order valence-corrected chi connectivity index (χ4v) is 2.19. The summed E-state index contributed by atoms with van der Waals surface area (Å²) in [5, 5.41) is 8.25. The van der Waals surface area contributed by atoms with Crippen molar-refractivity contribution in [2.75, 3.05) is 0 Å². The van der Waals surface area contributed by atoms with Crippen LogP contribution < -0.4 is 5.73 Å². The van der Waals surface area contributed by atoms with Crippen LogP contribution >= 0.6 is 0 Å². The third kappa shape index (κ3) is 2.81. The Hall–Kier alpha value is -1.75. The van der Waals surface area contributed by atoms with E-state index in [4.69, 9.17) is 5.73 Å². The van der Waals surface area contributed by atoms with Crippen LogP contribution in [0.2, 0.25) is 0 Å². The zero-order valence-electron chi connectivity index (χ0n) is 11.5. The van der Waals surface area contributed by atoms with Gasteiger partial charge in [-0.15, -0.1) is 10.2 Å². The van der Waals surface area contributed by atoms with E-state index in [1.807, 2.05) is 10.6 Å². The summed E-state index contributed by atoms with van der Waals surface area (Å²) in [7, 11) is 0.